The third kappa shape index (κ3) is 5.91. The van der Waals surface area contributed by atoms with Crippen molar-refractivity contribution in [1.82, 2.24) is 0 Å². The molecular formula is C6H13NO2S. The van der Waals surface area contributed by atoms with Crippen molar-refractivity contribution in [3.05, 3.63) is 0 Å². The smallest absolute Gasteiger partial charge is 0.303 e. The van der Waals surface area contributed by atoms with Crippen LogP contribution in [0.4, 0.5) is 0 Å². The zero-order chi connectivity index (χ0) is 7.98. The first-order chi connectivity index (χ1) is 4.66. The lowest BCUT2D eigenvalue weighted by molar-refractivity contribution is -0.137. The van der Waals surface area contributed by atoms with Crippen molar-refractivity contribution in [3.8, 4) is 0 Å². The third-order valence-corrected chi connectivity index (χ3v) is 1.49. The van der Waals surface area contributed by atoms with E-state index in [1.807, 2.05) is 0 Å². The van der Waals surface area contributed by atoms with E-state index in [-0.39, 0.29) is 12.5 Å². The van der Waals surface area contributed by atoms with Crippen LogP contribution in [0.1, 0.15) is 19.3 Å². The van der Waals surface area contributed by atoms with Gasteiger partial charge in [-0.1, -0.05) is 0 Å². The predicted molar refractivity (Wildman–Crippen MR) is 43.3 cm³/mol. The van der Waals surface area contributed by atoms with Crippen LogP contribution in [-0.4, -0.2) is 22.9 Å². The summed E-state index contributed by atoms with van der Waals surface area (Å²) in [5, 5.41) is 8.26. The van der Waals surface area contributed by atoms with E-state index in [0.29, 0.717) is 6.42 Å². The van der Waals surface area contributed by atoms with Gasteiger partial charge in [0.25, 0.3) is 0 Å². The Kier molecular flexibility index (Phi) is 5.43. The Morgan fingerprint density at radius 1 is 1.60 bits per heavy atom. The van der Waals surface area contributed by atoms with E-state index in [1.165, 1.54) is 0 Å². The van der Waals surface area contributed by atoms with Crippen LogP contribution in [0.3, 0.4) is 0 Å². The van der Waals surface area contributed by atoms with Gasteiger partial charge < -0.3 is 10.8 Å². The van der Waals surface area contributed by atoms with Gasteiger partial charge in [-0.15, -0.1) is 0 Å². The van der Waals surface area contributed by atoms with E-state index in [1.54, 1.807) is 0 Å². The summed E-state index contributed by atoms with van der Waals surface area (Å²) in [6.07, 6.45) is 1.50. The number of aliphatic carboxylic acids is 1. The van der Waals surface area contributed by atoms with Gasteiger partial charge in [-0.05, 0) is 18.6 Å². The van der Waals surface area contributed by atoms with Crippen molar-refractivity contribution in [2.45, 2.75) is 25.3 Å². The standard InChI is InChI=1S/C6H13NO2S/c7-5(3-4-10)1-2-6(8)9/h5,10H,1-4,7H2,(H,8,9)/t5-/m1/s1. The number of thiol groups is 1. The second-order valence-corrected chi connectivity index (χ2v) is 2.65. The molecule has 0 aromatic carbocycles. The molecule has 0 bridgehead atoms. The van der Waals surface area contributed by atoms with E-state index in [0.717, 1.165) is 12.2 Å². The summed E-state index contributed by atoms with van der Waals surface area (Å²) in [6, 6.07) is -0.00593. The zero-order valence-corrected chi connectivity index (χ0v) is 6.68. The van der Waals surface area contributed by atoms with Crippen LogP contribution in [0.5, 0.6) is 0 Å². The summed E-state index contributed by atoms with van der Waals surface area (Å²) >= 11 is 3.98. The molecule has 0 aromatic rings. The number of carboxylic acids is 1. The normalized spacial score (nSPS) is 13.0. The molecule has 0 heterocycles. The molecule has 3 N–H and O–H groups in total. The van der Waals surface area contributed by atoms with Crippen molar-refractivity contribution in [1.29, 1.82) is 0 Å². The van der Waals surface area contributed by atoms with E-state index >= 15 is 0 Å². The van der Waals surface area contributed by atoms with Crippen LogP contribution in [0.2, 0.25) is 0 Å². The van der Waals surface area contributed by atoms with Gasteiger partial charge in [0, 0.05) is 12.5 Å². The summed E-state index contributed by atoms with van der Waals surface area (Å²) in [4.78, 5) is 10.0. The lowest BCUT2D eigenvalue weighted by Gasteiger charge is -2.06. The van der Waals surface area contributed by atoms with Gasteiger partial charge in [0.1, 0.15) is 0 Å². The van der Waals surface area contributed by atoms with E-state index in [4.69, 9.17) is 10.8 Å². The molecule has 0 aromatic heterocycles. The monoisotopic (exact) mass is 163 g/mol. The predicted octanol–water partition coefficient (Wildman–Crippen LogP) is 0.498. The van der Waals surface area contributed by atoms with Gasteiger partial charge in [-0.2, -0.15) is 12.6 Å². The fourth-order valence-electron chi connectivity index (χ4n) is 0.619. The molecule has 0 unspecified atom stereocenters. The van der Waals surface area contributed by atoms with Crippen LogP contribution in [-0.2, 0) is 4.79 Å². The Morgan fingerprint density at radius 2 is 2.20 bits per heavy atom. The molecule has 10 heavy (non-hydrogen) atoms. The van der Waals surface area contributed by atoms with Gasteiger partial charge in [0.2, 0.25) is 0 Å². The Bertz CT molecular complexity index is 108. The summed E-state index contributed by atoms with van der Waals surface area (Å²) < 4.78 is 0. The molecule has 0 aliphatic carbocycles. The highest BCUT2D eigenvalue weighted by molar-refractivity contribution is 7.80. The lowest BCUT2D eigenvalue weighted by Crippen LogP contribution is -2.21. The molecule has 0 rings (SSSR count). The topological polar surface area (TPSA) is 63.3 Å². The number of rotatable bonds is 5. The quantitative estimate of drug-likeness (QED) is 0.517. The Hall–Kier alpha value is -0.220. The maximum atomic E-state index is 10.0. The minimum absolute atomic E-state index is 0.00593. The Balaban J connectivity index is 3.21. The number of hydrogen-bond acceptors (Lipinski definition) is 3. The zero-order valence-electron chi connectivity index (χ0n) is 5.79. The minimum Gasteiger partial charge on any atom is -0.481 e. The number of hydrogen-bond donors (Lipinski definition) is 3. The van der Waals surface area contributed by atoms with Gasteiger partial charge in [-0.25, -0.2) is 0 Å². The molecule has 0 aliphatic rings. The van der Waals surface area contributed by atoms with Crippen molar-refractivity contribution in [3.63, 3.8) is 0 Å². The summed E-state index contributed by atoms with van der Waals surface area (Å²) in [5.74, 6) is -0.0598. The first kappa shape index (κ1) is 9.78. The molecule has 0 radical (unpaired) electrons. The number of carbonyl (C=O) groups is 1. The van der Waals surface area contributed by atoms with Crippen molar-refractivity contribution >= 4 is 18.6 Å². The average molecular weight is 163 g/mol. The summed E-state index contributed by atoms with van der Waals surface area (Å²) in [6.45, 7) is 0. The molecule has 0 saturated heterocycles. The molecular weight excluding hydrogens is 150 g/mol. The highest BCUT2D eigenvalue weighted by Gasteiger charge is 2.03. The number of carboxylic acid groups (broad SMARTS) is 1. The van der Waals surface area contributed by atoms with E-state index in [2.05, 4.69) is 12.6 Å². The Labute approximate surface area is 66.0 Å². The second-order valence-electron chi connectivity index (χ2n) is 2.20. The summed E-state index contributed by atoms with van der Waals surface area (Å²) in [5.41, 5.74) is 5.52. The maximum Gasteiger partial charge on any atom is 0.303 e. The molecule has 0 fully saturated rings. The van der Waals surface area contributed by atoms with Crippen LogP contribution in [0, 0.1) is 0 Å². The first-order valence-corrected chi connectivity index (χ1v) is 3.88. The van der Waals surface area contributed by atoms with Crippen LogP contribution < -0.4 is 5.73 Å². The molecule has 3 nitrogen and oxygen atoms in total. The molecule has 0 aliphatic heterocycles. The second kappa shape index (κ2) is 5.56. The third-order valence-electron chi connectivity index (χ3n) is 1.23. The van der Waals surface area contributed by atoms with Crippen molar-refractivity contribution < 1.29 is 9.90 Å². The van der Waals surface area contributed by atoms with Gasteiger partial charge in [0.15, 0.2) is 0 Å². The van der Waals surface area contributed by atoms with E-state index < -0.39 is 5.97 Å². The first-order valence-electron chi connectivity index (χ1n) is 3.25. The van der Waals surface area contributed by atoms with E-state index in [9.17, 15) is 4.79 Å². The molecule has 0 saturated carbocycles. The van der Waals surface area contributed by atoms with Gasteiger partial charge >= 0.3 is 5.97 Å². The fraction of sp³-hybridized carbons (Fsp3) is 0.833. The summed E-state index contributed by atoms with van der Waals surface area (Å²) in [7, 11) is 0. The van der Waals surface area contributed by atoms with Crippen LogP contribution >= 0.6 is 12.6 Å². The van der Waals surface area contributed by atoms with Crippen molar-refractivity contribution in [2.24, 2.45) is 5.73 Å². The molecule has 0 spiro atoms. The highest BCUT2D eigenvalue weighted by Crippen LogP contribution is 1.99. The van der Waals surface area contributed by atoms with Gasteiger partial charge in [-0.3, -0.25) is 4.79 Å². The highest BCUT2D eigenvalue weighted by atomic mass is 32.1. The van der Waals surface area contributed by atoms with Gasteiger partial charge in [0.05, 0.1) is 0 Å². The lowest BCUT2D eigenvalue weighted by atomic mass is 10.1. The SMILES string of the molecule is N[C@@H](CCS)CCC(=O)O. The largest absolute Gasteiger partial charge is 0.481 e. The minimum atomic E-state index is -0.783. The Morgan fingerprint density at radius 3 is 2.60 bits per heavy atom. The fourth-order valence-corrected chi connectivity index (χ4v) is 0.951. The molecule has 4 heteroatoms. The van der Waals surface area contributed by atoms with Crippen LogP contribution in [0.15, 0.2) is 0 Å². The molecule has 60 valence electrons. The van der Waals surface area contributed by atoms with Crippen molar-refractivity contribution in [2.75, 3.05) is 5.75 Å². The maximum absolute atomic E-state index is 10.0. The average Bonchev–Trinajstić information content (AvgIpc) is 1.85. The number of nitrogens with two attached hydrogens (primary N) is 1. The molecule has 1 atom stereocenters. The molecule has 0 amide bonds. The van der Waals surface area contributed by atoms with Crippen LogP contribution in [0.25, 0.3) is 0 Å².